The number of benzene rings is 1. The number of carbonyl (C=O) groups excluding carboxylic acids is 3. The van der Waals surface area contributed by atoms with Crippen molar-refractivity contribution in [3.8, 4) is 5.75 Å². The number of esters is 1. The molecular weight excluding hydrogens is 406 g/mol. The van der Waals surface area contributed by atoms with E-state index in [0.29, 0.717) is 32.9 Å². The Kier molecular flexibility index (Phi) is 6.15. The summed E-state index contributed by atoms with van der Waals surface area (Å²) < 4.78 is 10.9. The highest BCUT2D eigenvalue weighted by Crippen LogP contribution is 2.22. The van der Waals surface area contributed by atoms with Crippen molar-refractivity contribution in [1.82, 2.24) is 15.2 Å². The van der Waals surface area contributed by atoms with Gasteiger partial charge >= 0.3 is 12.0 Å². The standard InChI is InChI=1S/C18H18ClN3O5S/c1-10-15(17(24)27-11(2)16(23)22-8-7-20-18(22)25)28-14(21-10)9-26-13-5-3-12(19)4-6-13/h3-6,11H,7-9H2,1-2H3,(H,20,25)/t11-/m0/s1. The van der Waals surface area contributed by atoms with Gasteiger partial charge in [0.15, 0.2) is 6.10 Å². The lowest BCUT2D eigenvalue weighted by atomic mass is 10.3. The number of aromatic nitrogens is 1. The second-order valence-corrected chi connectivity index (χ2v) is 7.55. The summed E-state index contributed by atoms with van der Waals surface area (Å²) in [6, 6.07) is 6.42. The fraction of sp³-hybridized carbons (Fsp3) is 0.333. The van der Waals surface area contributed by atoms with Gasteiger partial charge in [0.1, 0.15) is 22.2 Å². The van der Waals surface area contributed by atoms with Crippen LogP contribution in [0, 0.1) is 6.92 Å². The number of rotatable bonds is 6. The van der Waals surface area contributed by atoms with E-state index in [1.54, 1.807) is 31.2 Å². The minimum Gasteiger partial charge on any atom is -0.486 e. The number of hydrogen-bond donors (Lipinski definition) is 1. The number of ether oxygens (including phenoxy) is 2. The molecule has 10 heteroatoms. The molecule has 0 saturated carbocycles. The molecule has 1 fully saturated rings. The van der Waals surface area contributed by atoms with Gasteiger partial charge in [-0.3, -0.25) is 9.69 Å². The molecule has 148 valence electrons. The number of amides is 3. The van der Waals surface area contributed by atoms with Crippen molar-refractivity contribution in [3.63, 3.8) is 0 Å². The molecule has 2 heterocycles. The molecular formula is C18H18ClN3O5S. The van der Waals surface area contributed by atoms with Crippen LogP contribution < -0.4 is 10.1 Å². The van der Waals surface area contributed by atoms with Crippen molar-refractivity contribution in [2.75, 3.05) is 13.1 Å². The third kappa shape index (κ3) is 4.60. The highest BCUT2D eigenvalue weighted by Gasteiger charge is 2.32. The van der Waals surface area contributed by atoms with Gasteiger partial charge in [-0.2, -0.15) is 0 Å². The molecule has 0 spiro atoms. The van der Waals surface area contributed by atoms with Gasteiger partial charge in [-0.05, 0) is 38.1 Å². The van der Waals surface area contributed by atoms with Crippen LogP contribution in [-0.4, -0.2) is 47.0 Å². The van der Waals surface area contributed by atoms with Crippen LogP contribution >= 0.6 is 22.9 Å². The monoisotopic (exact) mass is 423 g/mol. The maximum absolute atomic E-state index is 12.4. The molecule has 28 heavy (non-hydrogen) atoms. The first kappa shape index (κ1) is 20.1. The summed E-state index contributed by atoms with van der Waals surface area (Å²) in [4.78, 5) is 41.9. The number of nitrogens with zero attached hydrogens (tertiary/aromatic N) is 2. The first-order chi connectivity index (χ1) is 13.3. The third-order valence-electron chi connectivity index (χ3n) is 3.96. The van der Waals surface area contributed by atoms with Crippen LogP contribution in [0.5, 0.6) is 5.75 Å². The van der Waals surface area contributed by atoms with Crippen LogP contribution in [0.2, 0.25) is 5.02 Å². The van der Waals surface area contributed by atoms with E-state index in [4.69, 9.17) is 21.1 Å². The van der Waals surface area contributed by atoms with Crippen LogP contribution in [0.1, 0.15) is 27.3 Å². The fourth-order valence-corrected chi connectivity index (χ4v) is 3.53. The molecule has 3 amide bonds. The Hall–Kier alpha value is -2.65. The minimum atomic E-state index is -1.08. The van der Waals surface area contributed by atoms with Crippen LogP contribution in [-0.2, 0) is 16.1 Å². The Bertz CT molecular complexity index is 899. The molecule has 1 aliphatic heterocycles. The van der Waals surface area contributed by atoms with Crippen LogP contribution in [0.4, 0.5) is 4.79 Å². The summed E-state index contributed by atoms with van der Waals surface area (Å²) in [7, 11) is 0. The van der Waals surface area contributed by atoms with E-state index in [9.17, 15) is 14.4 Å². The van der Waals surface area contributed by atoms with Crippen molar-refractivity contribution < 1.29 is 23.9 Å². The van der Waals surface area contributed by atoms with E-state index in [2.05, 4.69) is 10.3 Å². The highest BCUT2D eigenvalue weighted by atomic mass is 35.5. The fourth-order valence-electron chi connectivity index (χ4n) is 2.55. The number of halogens is 1. The van der Waals surface area contributed by atoms with E-state index in [0.717, 1.165) is 16.2 Å². The molecule has 2 aromatic rings. The predicted molar refractivity (Wildman–Crippen MR) is 103 cm³/mol. The number of thiazole rings is 1. The van der Waals surface area contributed by atoms with Crippen molar-refractivity contribution in [2.45, 2.75) is 26.6 Å². The predicted octanol–water partition coefficient (Wildman–Crippen LogP) is 2.78. The Morgan fingerprint density at radius 2 is 2.07 bits per heavy atom. The van der Waals surface area contributed by atoms with Crippen LogP contribution in [0.15, 0.2) is 24.3 Å². The summed E-state index contributed by atoms with van der Waals surface area (Å²) in [5.74, 6) is -0.588. The molecule has 1 aromatic carbocycles. The zero-order valence-electron chi connectivity index (χ0n) is 15.2. The Morgan fingerprint density at radius 3 is 2.71 bits per heavy atom. The Balaban J connectivity index is 1.60. The number of hydrogen-bond acceptors (Lipinski definition) is 7. The van der Waals surface area contributed by atoms with Crippen molar-refractivity contribution in [3.05, 3.63) is 44.9 Å². The second kappa shape index (κ2) is 8.57. The Labute approximate surface area is 170 Å². The SMILES string of the molecule is Cc1nc(COc2ccc(Cl)cc2)sc1C(=O)O[C@@H](C)C(=O)N1CCNC1=O. The summed E-state index contributed by atoms with van der Waals surface area (Å²) in [5.41, 5.74) is 0.489. The summed E-state index contributed by atoms with van der Waals surface area (Å²) in [6.45, 7) is 3.94. The highest BCUT2D eigenvalue weighted by molar-refractivity contribution is 7.13. The minimum absolute atomic E-state index is 0.183. The van der Waals surface area contributed by atoms with Crippen molar-refractivity contribution in [2.24, 2.45) is 0 Å². The smallest absolute Gasteiger partial charge is 0.351 e. The average Bonchev–Trinajstić information content (AvgIpc) is 3.26. The first-order valence-corrected chi connectivity index (χ1v) is 9.69. The van der Waals surface area contributed by atoms with Crippen molar-refractivity contribution in [1.29, 1.82) is 0 Å². The average molecular weight is 424 g/mol. The number of nitrogens with one attached hydrogen (secondary N) is 1. The lowest BCUT2D eigenvalue weighted by molar-refractivity contribution is -0.136. The maximum Gasteiger partial charge on any atom is 0.351 e. The van der Waals surface area contributed by atoms with Gasteiger partial charge in [0.2, 0.25) is 0 Å². The van der Waals surface area contributed by atoms with Gasteiger partial charge in [0.25, 0.3) is 5.91 Å². The molecule has 1 saturated heterocycles. The lowest BCUT2D eigenvalue weighted by Gasteiger charge is -2.17. The number of urea groups is 1. The molecule has 0 unspecified atom stereocenters. The number of imide groups is 1. The van der Waals surface area contributed by atoms with E-state index in [1.807, 2.05) is 0 Å². The normalized spacial score (nSPS) is 14.5. The second-order valence-electron chi connectivity index (χ2n) is 6.03. The number of carbonyl (C=O) groups is 3. The summed E-state index contributed by atoms with van der Waals surface area (Å²) in [5, 5.41) is 3.73. The summed E-state index contributed by atoms with van der Waals surface area (Å²) >= 11 is 6.97. The quantitative estimate of drug-likeness (QED) is 0.717. The van der Waals surface area contributed by atoms with Gasteiger partial charge in [0.05, 0.1) is 5.69 Å². The zero-order chi connectivity index (χ0) is 20.3. The van der Waals surface area contributed by atoms with E-state index in [-0.39, 0.29) is 13.2 Å². The zero-order valence-corrected chi connectivity index (χ0v) is 16.8. The lowest BCUT2D eigenvalue weighted by Crippen LogP contribution is -2.41. The molecule has 1 atom stereocenters. The molecule has 1 aliphatic rings. The van der Waals surface area contributed by atoms with E-state index in [1.165, 1.54) is 6.92 Å². The summed E-state index contributed by atoms with van der Waals surface area (Å²) in [6.07, 6.45) is -1.08. The third-order valence-corrected chi connectivity index (χ3v) is 5.32. The number of aryl methyl sites for hydroxylation is 1. The molecule has 1 N–H and O–H groups in total. The van der Waals surface area contributed by atoms with Gasteiger partial charge in [0, 0.05) is 18.1 Å². The molecule has 0 bridgehead atoms. The van der Waals surface area contributed by atoms with Gasteiger partial charge < -0.3 is 14.8 Å². The first-order valence-electron chi connectivity index (χ1n) is 8.50. The largest absolute Gasteiger partial charge is 0.486 e. The van der Waals surface area contributed by atoms with Crippen LogP contribution in [0.25, 0.3) is 0 Å². The molecule has 0 radical (unpaired) electrons. The molecule has 8 nitrogen and oxygen atoms in total. The molecule has 0 aliphatic carbocycles. The van der Waals surface area contributed by atoms with Gasteiger partial charge in [-0.1, -0.05) is 11.6 Å². The van der Waals surface area contributed by atoms with E-state index < -0.39 is 24.0 Å². The topological polar surface area (TPSA) is 97.8 Å². The molecule has 3 rings (SSSR count). The Morgan fingerprint density at radius 1 is 1.36 bits per heavy atom. The van der Waals surface area contributed by atoms with Crippen LogP contribution in [0.3, 0.4) is 0 Å². The van der Waals surface area contributed by atoms with Gasteiger partial charge in [-0.15, -0.1) is 11.3 Å². The molecule has 1 aromatic heterocycles. The maximum atomic E-state index is 12.4. The van der Waals surface area contributed by atoms with Crippen molar-refractivity contribution >= 4 is 40.8 Å². The van der Waals surface area contributed by atoms with Gasteiger partial charge in [-0.25, -0.2) is 14.6 Å². The van der Waals surface area contributed by atoms with E-state index >= 15 is 0 Å².